The van der Waals surface area contributed by atoms with Gasteiger partial charge in [0.05, 0.1) is 5.60 Å². The number of hydrogen-bond acceptors (Lipinski definition) is 2. The Morgan fingerprint density at radius 3 is 2.41 bits per heavy atom. The lowest BCUT2D eigenvalue weighted by atomic mass is 9.78. The number of hydrogen-bond donors (Lipinski definition) is 2. The molecule has 1 nitrogen and oxygen atoms in total. The van der Waals surface area contributed by atoms with Crippen LogP contribution in [-0.4, -0.2) is 16.5 Å². The summed E-state index contributed by atoms with van der Waals surface area (Å²) in [5.74, 6) is 1.19. The first-order valence-electron chi connectivity index (χ1n) is 6.64. The molecule has 0 aromatic heterocycles. The lowest BCUT2D eigenvalue weighted by Gasteiger charge is -2.33. The maximum absolute atomic E-state index is 10.8. The van der Waals surface area contributed by atoms with Crippen LogP contribution in [0.2, 0.25) is 0 Å². The van der Waals surface area contributed by atoms with Gasteiger partial charge in [-0.2, -0.15) is 12.6 Å². The normalized spacial score (nSPS) is 20.4. The molecule has 0 heterocycles. The third kappa shape index (κ3) is 3.05. The predicted molar refractivity (Wildman–Crippen MR) is 75.7 cm³/mol. The number of benzene rings is 1. The van der Waals surface area contributed by atoms with E-state index in [0.29, 0.717) is 5.92 Å². The molecule has 1 N–H and O–H groups in total. The summed E-state index contributed by atoms with van der Waals surface area (Å²) in [6.45, 7) is 0. The van der Waals surface area contributed by atoms with Gasteiger partial charge in [-0.3, -0.25) is 0 Å². The van der Waals surface area contributed by atoms with E-state index in [2.05, 4.69) is 36.9 Å². The van der Waals surface area contributed by atoms with Gasteiger partial charge in [-0.05, 0) is 37.0 Å². The van der Waals surface area contributed by atoms with Gasteiger partial charge in [0.2, 0.25) is 0 Å². The molecule has 0 aliphatic heterocycles. The molecule has 0 spiro atoms. The van der Waals surface area contributed by atoms with Crippen molar-refractivity contribution in [2.75, 3.05) is 5.75 Å². The van der Waals surface area contributed by atoms with Crippen molar-refractivity contribution in [3.8, 4) is 0 Å². The van der Waals surface area contributed by atoms with E-state index in [0.717, 1.165) is 31.4 Å². The molecule has 1 aliphatic carbocycles. The Hall–Kier alpha value is -0.470. The van der Waals surface area contributed by atoms with Crippen molar-refractivity contribution >= 4 is 12.6 Å². The van der Waals surface area contributed by atoms with E-state index >= 15 is 0 Å². The summed E-state index contributed by atoms with van der Waals surface area (Å²) in [4.78, 5) is 0. The summed E-state index contributed by atoms with van der Waals surface area (Å²) in [6, 6.07) is 10.5. The van der Waals surface area contributed by atoms with Crippen molar-refractivity contribution in [3.63, 3.8) is 0 Å². The van der Waals surface area contributed by atoms with Crippen molar-refractivity contribution in [1.29, 1.82) is 0 Å². The first kappa shape index (κ1) is 13.0. The molecule has 94 valence electrons. The maximum atomic E-state index is 10.8. The Bertz CT molecular complexity index is 330. The second-order valence-corrected chi connectivity index (χ2v) is 5.59. The summed E-state index contributed by atoms with van der Waals surface area (Å²) in [5, 5.41) is 10.8. The van der Waals surface area contributed by atoms with Gasteiger partial charge in [-0.25, -0.2) is 0 Å². The van der Waals surface area contributed by atoms with Gasteiger partial charge >= 0.3 is 0 Å². The Balaban J connectivity index is 2.18. The molecule has 17 heavy (non-hydrogen) atoms. The highest BCUT2D eigenvalue weighted by molar-refractivity contribution is 7.80. The second kappa shape index (κ2) is 5.92. The summed E-state index contributed by atoms with van der Waals surface area (Å²) in [7, 11) is 0. The Morgan fingerprint density at radius 1 is 1.18 bits per heavy atom. The first-order chi connectivity index (χ1) is 8.26. The van der Waals surface area contributed by atoms with E-state index in [1.165, 1.54) is 18.4 Å². The molecule has 1 aliphatic rings. The van der Waals surface area contributed by atoms with E-state index < -0.39 is 5.60 Å². The number of thiol groups is 1. The third-order valence-electron chi connectivity index (χ3n) is 3.97. The zero-order valence-corrected chi connectivity index (χ0v) is 11.2. The molecule has 2 rings (SSSR count). The highest BCUT2D eigenvalue weighted by Gasteiger charge is 2.39. The second-order valence-electron chi connectivity index (χ2n) is 5.14. The Kier molecular flexibility index (Phi) is 4.52. The summed E-state index contributed by atoms with van der Waals surface area (Å²) in [6.07, 6.45) is 6.37. The topological polar surface area (TPSA) is 20.2 Å². The molecular weight excluding hydrogens is 228 g/mol. The molecule has 1 aromatic rings. The first-order valence-corrected chi connectivity index (χ1v) is 7.28. The maximum Gasteiger partial charge on any atom is 0.0716 e. The van der Waals surface area contributed by atoms with Crippen molar-refractivity contribution in [2.24, 2.45) is 0 Å². The predicted octanol–water partition coefficient (Wildman–Crippen LogP) is 3.79. The van der Waals surface area contributed by atoms with Crippen molar-refractivity contribution < 1.29 is 5.11 Å². The van der Waals surface area contributed by atoms with Gasteiger partial charge in [0, 0.05) is 5.92 Å². The summed E-state index contributed by atoms with van der Waals surface area (Å²) < 4.78 is 0. The summed E-state index contributed by atoms with van der Waals surface area (Å²) in [5.41, 5.74) is 0.822. The Labute approximate surface area is 110 Å². The van der Waals surface area contributed by atoms with Gasteiger partial charge in [-0.1, -0.05) is 43.2 Å². The van der Waals surface area contributed by atoms with Crippen LogP contribution in [0.1, 0.15) is 50.0 Å². The van der Waals surface area contributed by atoms with Gasteiger partial charge in [-0.15, -0.1) is 0 Å². The van der Waals surface area contributed by atoms with E-state index in [4.69, 9.17) is 0 Å². The van der Waals surface area contributed by atoms with Crippen molar-refractivity contribution in [2.45, 2.75) is 50.0 Å². The fourth-order valence-corrected chi connectivity index (χ4v) is 3.24. The largest absolute Gasteiger partial charge is 0.389 e. The molecule has 1 aromatic carbocycles. The van der Waals surface area contributed by atoms with Gasteiger partial charge in [0.1, 0.15) is 0 Å². The van der Waals surface area contributed by atoms with E-state index in [9.17, 15) is 5.11 Å². The highest BCUT2D eigenvalue weighted by atomic mass is 32.1. The van der Waals surface area contributed by atoms with Gasteiger partial charge in [0.15, 0.2) is 0 Å². The zero-order chi connectivity index (χ0) is 12.1. The van der Waals surface area contributed by atoms with Crippen LogP contribution in [0.5, 0.6) is 0 Å². The minimum Gasteiger partial charge on any atom is -0.389 e. The summed E-state index contributed by atoms with van der Waals surface area (Å²) >= 11 is 4.30. The molecule has 1 atom stereocenters. The monoisotopic (exact) mass is 250 g/mol. The minimum atomic E-state index is -0.468. The van der Waals surface area contributed by atoms with Crippen LogP contribution < -0.4 is 0 Å². The van der Waals surface area contributed by atoms with E-state index in [1.807, 2.05) is 6.07 Å². The molecule has 0 amide bonds. The molecule has 0 saturated heterocycles. The fourth-order valence-electron chi connectivity index (χ4n) is 3.06. The van der Waals surface area contributed by atoms with Crippen LogP contribution in [0, 0.1) is 0 Å². The molecule has 0 radical (unpaired) electrons. The van der Waals surface area contributed by atoms with E-state index in [-0.39, 0.29) is 0 Å². The quantitative estimate of drug-likeness (QED) is 0.762. The van der Waals surface area contributed by atoms with Crippen LogP contribution in [-0.2, 0) is 0 Å². The average Bonchev–Trinajstić information content (AvgIpc) is 2.79. The highest BCUT2D eigenvalue weighted by Crippen LogP contribution is 2.43. The fraction of sp³-hybridized carbons (Fsp3) is 0.600. The molecule has 0 bridgehead atoms. The van der Waals surface area contributed by atoms with Crippen LogP contribution in [0.3, 0.4) is 0 Å². The average molecular weight is 250 g/mol. The molecule has 1 unspecified atom stereocenters. The number of aliphatic hydroxyl groups is 1. The molecule has 2 heteroatoms. The van der Waals surface area contributed by atoms with Crippen LogP contribution >= 0.6 is 12.6 Å². The number of rotatable bonds is 5. The van der Waals surface area contributed by atoms with Gasteiger partial charge in [0.25, 0.3) is 0 Å². The zero-order valence-electron chi connectivity index (χ0n) is 10.3. The minimum absolute atomic E-state index is 0.290. The van der Waals surface area contributed by atoms with E-state index in [1.54, 1.807) is 0 Å². The van der Waals surface area contributed by atoms with Crippen LogP contribution in [0.25, 0.3) is 0 Å². The third-order valence-corrected chi connectivity index (χ3v) is 4.29. The van der Waals surface area contributed by atoms with Crippen LogP contribution in [0.15, 0.2) is 30.3 Å². The van der Waals surface area contributed by atoms with Gasteiger partial charge < -0.3 is 5.11 Å². The smallest absolute Gasteiger partial charge is 0.0716 e. The van der Waals surface area contributed by atoms with Crippen LogP contribution in [0.4, 0.5) is 0 Å². The lowest BCUT2D eigenvalue weighted by molar-refractivity contribution is 0.0155. The standard InChI is InChI=1S/C15H22OS/c16-15(10-4-5-11-15)14(9-6-12-17)13-7-2-1-3-8-13/h1-3,7-8,14,16-17H,4-6,9-12H2. The lowest BCUT2D eigenvalue weighted by Crippen LogP contribution is -2.33. The SMILES string of the molecule is OC1(C(CCCS)c2ccccc2)CCCC1. The van der Waals surface area contributed by atoms with Crippen molar-refractivity contribution in [1.82, 2.24) is 0 Å². The molecule has 1 saturated carbocycles. The Morgan fingerprint density at radius 2 is 1.82 bits per heavy atom. The van der Waals surface area contributed by atoms with Crippen molar-refractivity contribution in [3.05, 3.63) is 35.9 Å². The molecule has 1 fully saturated rings. The molecular formula is C15H22OS.